The van der Waals surface area contributed by atoms with Crippen molar-refractivity contribution >= 4 is 11.0 Å². The van der Waals surface area contributed by atoms with Gasteiger partial charge in [0, 0.05) is 11.5 Å². The Morgan fingerprint density at radius 3 is 2.83 bits per heavy atom. The van der Waals surface area contributed by atoms with Gasteiger partial charge in [-0.2, -0.15) is 0 Å². The molecule has 90 valence electrons. The number of hydrogen-bond acceptors (Lipinski definition) is 5. The largest absolute Gasteiger partial charge is 0.479 e. The van der Waals surface area contributed by atoms with Gasteiger partial charge in [0.2, 0.25) is 0 Å². The Labute approximate surface area is 102 Å². The Morgan fingerprint density at radius 2 is 2.06 bits per heavy atom. The van der Waals surface area contributed by atoms with Gasteiger partial charge in [-0.15, -0.1) is 0 Å². The molecule has 0 aliphatic rings. The Bertz CT molecular complexity index is 757. The molecule has 2 aromatic heterocycles. The Kier molecular flexibility index (Phi) is 2.37. The molecule has 0 aliphatic heterocycles. The SMILES string of the molecule is COc1cc(-c2cc3ccccc3oc2=O)on1. The fraction of sp³-hybridized carbons (Fsp3) is 0.0769. The van der Waals surface area contributed by atoms with E-state index in [4.69, 9.17) is 13.7 Å². The molecule has 2 heterocycles. The predicted octanol–water partition coefficient (Wildman–Crippen LogP) is 2.46. The van der Waals surface area contributed by atoms with Gasteiger partial charge in [-0.05, 0) is 17.3 Å². The van der Waals surface area contributed by atoms with E-state index in [1.807, 2.05) is 18.2 Å². The van der Waals surface area contributed by atoms with Crippen LogP contribution in [0.25, 0.3) is 22.3 Å². The average molecular weight is 243 g/mol. The summed E-state index contributed by atoms with van der Waals surface area (Å²) >= 11 is 0. The van der Waals surface area contributed by atoms with Crippen LogP contribution in [0.5, 0.6) is 5.88 Å². The lowest BCUT2D eigenvalue weighted by atomic mass is 10.1. The topological polar surface area (TPSA) is 65.5 Å². The van der Waals surface area contributed by atoms with Crippen molar-refractivity contribution in [3.63, 3.8) is 0 Å². The molecule has 0 radical (unpaired) electrons. The van der Waals surface area contributed by atoms with Gasteiger partial charge >= 0.3 is 5.63 Å². The fourth-order valence-electron chi connectivity index (χ4n) is 1.72. The lowest BCUT2D eigenvalue weighted by molar-refractivity contribution is 0.342. The molecule has 0 atom stereocenters. The van der Waals surface area contributed by atoms with Gasteiger partial charge in [0.1, 0.15) is 11.1 Å². The number of hydrogen-bond donors (Lipinski definition) is 0. The number of nitrogens with zero attached hydrogens (tertiary/aromatic N) is 1. The van der Waals surface area contributed by atoms with Crippen LogP contribution in [0.15, 0.2) is 50.1 Å². The van der Waals surface area contributed by atoms with E-state index in [0.717, 1.165) is 5.39 Å². The zero-order valence-corrected chi connectivity index (χ0v) is 9.54. The minimum absolute atomic E-state index is 0.317. The third kappa shape index (κ3) is 1.66. The summed E-state index contributed by atoms with van der Waals surface area (Å²) in [6.45, 7) is 0. The van der Waals surface area contributed by atoms with Crippen molar-refractivity contribution in [1.82, 2.24) is 5.16 Å². The maximum absolute atomic E-state index is 11.8. The standard InChI is InChI=1S/C13H9NO4/c1-16-12-7-11(18-14-12)9-6-8-4-2-3-5-10(8)17-13(9)15/h2-7H,1H3. The number of benzene rings is 1. The summed E-state index contributed by atoms with van der Waals surface area (Å²) in [4.78, 5) is 11.8. The highest BCUT2D eigenvalue weighted by Crippen LogP contribution is 2.23. The van der Waals surface area contributed by atoms with E-state index in [9.17, 15) is 4.79 Å². The first-order chi connectivity index (χ1) is 8.78. The number of ether oxygens (including phenoxy) is 1. The van der Waals surface area contributed by atoms with Gasteiger partial charge in [-0.25, -0.2) is 4.79 Å². The maximum Gasteiger partial charge on any atom is 0.347 e. The van der Waals surface area contributed by atoms with Crippen LogP contribution in [-0.2, 0) is 0 Å². The molecule has 0 spiro atoms. The van der Waals surface area contributed by atoms with Gasteiger partial charge in [0.05, 0.1) is 7.11 Å². The molecule has 18 heavy (non-hydrogen) atoms. The molecule has 0 saturated carbocycles. The van der Waals surface area contributed by atoms with E-state index in [-0.39, 0.29) is 0 Å². The third-order valence-electron chi connectivity index (χ3n) is 2.60. The summed E-state index contributed by atoms with van der Waals surface area (Å²) in [5, 5.41) is 4.48. The van der Waals surface area contributed by atoms with Crippen molar-refractivity contribution in [2.24, 2.45) is 0 Å². The summed E-state index contributed by atoms with van der Waals surface area (Å²) in [7, 11) is 1.48. The number of aromatic nitrogens is 1. The highest BCUT2D eigenvalue weighted by Gasteiger charge is 2.13. The Morgan fingerprint density at radius 1 is 1.22 bits per heavy atom. The first kappa shape index (κ1) is 10.6. The van der Waals surface area contributed by atoms with Crippen molar-refractivity contribution in [2.45, 2.75) is 0 Å². The smallest absolute Gasteiger partial charge is 0.347 e. The Hall–Kier alpha value is -2.56. The zero-order chi connectivity index (χ0) is 12.5. The van der Waals surface area contributed by atoms with Crippen molar-refractivity contribution in [3.05, 3.63) is 46.8 Å². The second-order valence-corrected chi connectivity index (χ2v) is 3.72. The van der Waals surface area contributed by atoms with Crippen LogP contribution in [0.4, 0.5) is 0 Å². The summed E-state index contributed by atoms with van der Waals surface area (Å²) in [6, 6.07) is 10.5. The summed E-state index contributed by atoms with van der Waals surface area (Å²) in [6.07, 6.45) is 0. The van der Waals surface area contributed by atoms with Crippen molar-refractivity contribution in [1.29, 1.82) is 0 Å². The molecule has 3 rings (SSSR count). The van der Waals surface area contributed by atoms with Gasteiger partial charge in [-0.1, -0.05) is 18.2 Å². The molecule has 1 aromatic carbocycles. The van der Waals surface area contributed by atoms with E-state index >= 15 is 0 Å². The van der Waals surface area contributed by atoms with Crippen LogP contribution in [-0.4, -0.2) is 12.3 Å². The van der Waals surface area contributed by atoms with Crippen LogP contribution in [0, 0.1) is 0 Å². The van der Waals surface area contributed by atoms with Crippen LogP contribution < -0.4 is 10.4 Å². The van der Waals surface area contributed by atoms with E-state index in [1.54, 1.807) is 18.2 Å². The quantitative estimate of drug-likeness (QED) is 0.647. The average Bonchev–Trinajstić information content (AvgIpc) is 2.86. The molecule has 5 nitrogen and oxygen atoms in total. The van der Waals surface area contributed by atoms with Crippen LogP contribution in [0.1, 0.15) is 0 Å². The molecule has 5 heteroatoms. The van der Waals surface area contributed by atoms with E-state index in [0.29, 0.717) is 22.8 Å². The van der Waals surface area contributed by atoms with Crippen molar-refractivity contribution in [3.8, 4) is 17.2 Å². The first-order valence-corrected chi connectivity index (χ1v) is 5.32. The number of methoxy groups -OCH3 is 1. The highest BCUT2D eigenvalue weighted by molar-refractivity contribution is 5.80. The lowest BCUT2D eigenvalue weighted by Crippen LogP contribution is -2.01. The number of para-hydroxylation sites is 1. The second kappa shape index (κ2) is 4.03. The van der Waals surface area contributed by atoms with Crippen LogP contribution in [0.2, 0.25) is 0 Å². The monoisotopic (exact) mass is 243 g/mol. The lowest BCUT2D eigenvalue weighted by Gasteiger charge is -1.97. The molecule has 0 N–H and O–H groups in total. The molecule has 0 aliphatic carbocycles. The van der Waals surface area contributed by atoms with Crippen LogP contribution >= 0.6 is 0 Å². The summed E-state index contributed by atoms with van der Waals surface area (Å²) in [5.41, 5.74) is 0.398. The van der Waals surface area contributed by atoms with Gasteiger partial charge in [0.15, 0.2) is 5.76 Å². The summed E-state index contributed by atoms with van der Waals surface area (Å²) < 4.78 is 15.1. The number of rotatable bonds is 2. The molecule has 0 amide bonds. The minimum Gasteiger partial charge on any atom is -0.479 e. The van der Waals surface area contributed by atoms with Crippen molar-refractivity contribution < 1.29 is 13.7 Å². The predicted molar refractivity (Wildman–Crippen MR) is 64.5 cm³/mol. The molecule has 0 unspecified atom stereocenters. The van der Waals surface area contributed by atoms with Gasteiger partial charge < -0.3 is 13.7 Å². The first-order valence-electron chi connectivity index (χ1n) is 5.32. The number of fused-ring (bicyclic) bond motifs is 1. The fourth-order valence-corrected chi connectivity index (χ4v) is 1.72. The normalized spacial score (nSPS) is 10.7. The second-order valence-electron chi connectivity index (χ2n) is 3.72. The zero-order valence-electron chi connectivity index (χ0n) is 9.54. The Balaban J connectivity index is 2.22. The third-order valence-corrected chi connectivity index (χ3v) is 2.60. The highest BCUT2D eigenvalue weighted by atomic mass is 16.5. The summed E-state index contributed by atoms with van der Waals surface area (Å²) in [5.74, 6) is 0.643. The molecule has 3 aromatic rings. The molecule has 0 fully saturated rings. The molecule has 0 saturated heterocycles. The van der Waals surface area contributed by atoms with E-state index in [2.05, 4.69) is 5.16 Å². The molecule has 0 bridgehead atoms. The van der Waals surface area contributed by atoms with Gasteiger partial charge in [0.25, 0.3) is 5.88 Å². The molecular formula is C13H9NO4. The van der Waals surface area contributed by atoms with E-state index < -0.39 is 5.63 Å². The van der Waals surface area contributed by atoms with Crippen molar-refractivity contribution in [2.75, 3.05) is 7.11 Å². The maximum atomic E-state index is 11.8. The molecular weight excluding hydrogens is 234 g/mol. The van der Waals surface area contributed by atoms with Gasteiger partial charge in [-0.3, -0.25) is 0 Å². The minimum atomic E-state index is -0.465. The van der Waals surface area contributed by atoms with Crippen LogP contribution in [0.3, 0.4) is 0 Å². The van der Waals surface area contributed by atoms with E-state index in [1.165, 1.54) is 7.11 Å².